The molecule has 1 aliphatic rings. The van der Waals surface area contributed by atoms with Crippen LogP contribution in [0.1, 0.15) is 44.2 Å². The SMILES string of the molecule is Cc1cc(N)cc(S(=O)(=O)N(CCC(C)C)C2CC2)c1C. The van der Waals surface area contributed by atoms with Gasteiger partial charge in [-0.25, -0.2) is 8.42 Å². The van der Waals surface area contributed by atoms with Gasteiger partial charge in [-0.3, -0.25) is 0 Å². The zero-order chi connectivity index (χ0) is 15.8. The van der Waals surface area contributed by atoms with Crippen LogP contribution in [0.25, 0.3) is 0 Å². The van der Waals surface area contributed by atoms with Crippen molar-refractivity contribution in [1.29, 1.82) is 0 Å². The van der Waals surface area contributed by atoms with Crippen molar-refractivity contribution in [3.05, 3.63) is 23.3 Å². The molecule has 0 aromatic heterocycles. The maximum absolute atomic E-state index is 13.0. The van der Waals surface area contributed by atoms with Crippen molar-refractivity contribution >= 4 is 15.7 Å². The van der Waals surface area contributed by atoms with Crippen molar-refractivity contribution in [2.24, 2.45) is 5.92 Å². The van der Waals surface area contributed by atoms with Gasteiger partial charge < -0.3 is 5.73 Å². The molecule has 0 saturated heterocycles. The molecule has 1 aliphatic carbocycles. The number of nitrogens with zero attached hydrogens (tertiary/aromatic N) is 1. The van der Waals surface area contributed by atoms with Crippen molar-refractivity contribution in [3.63, 3.8) is 0 Å². The standard InChI is InChI=1S/C16H26N2O2S/c1-11(2)7-8-18(15-5-6-15)21(19,20)16-10-14(17)9-12(3)13(16)4/h9-11,15H,5-8,17H2,1-4H3. The van der Waals surface area contributed by atoms with Gasteiger partial charge >= 0.3 is 0 Å². The molecule has 21 heavy (non-hydrogen) atoms. The Kier molecular flexibility index (Phi) is 4.63. The number of hydrogen-bond donors (Lipinski definition) is 1. The van der Waals surface area contributed by atoms with Crippen LogP contribution in [0.15, 0.2) is 17.0 Å². The molecule has 0 spiro atoms. The summed E-state index contributed by atoms with van der Waals surface area (Å²) in [5.41, 5.74) is 8.10. The van der Waals surface area contributed by atoms with Gasteiger partial charge in [0.1, 0.15) is 0 Å². The first-order valence-electron chi connectivity index (χ1n) is 7.62. The van der Waals surface area contributed by atoms with E-state index in [0.717, 1.165) is 30.4 Å². The molecule has 5 heteroatoms. The second-order valence-corrected chi connectivity index (χ2v) is 8.35. The molecule has 1 fully saturated rings. The normalized spacial score (nSPS) is 15.9. The highest BCUT2D eigenvalue weighted by Crippen LogP contribution is 2.34. The number of sulfonamides is 1. The van der Waals surface area contributed by atoms with Gasteiger partial charge in [0.25, 0.3) is 0 Å². The number of anilines is 1. The van der Waals surface area contributed by atoms with E-state index in [-0.39, 0.29) is 6.04 Å². The number of nitrogens with two attached hydrogens (primary N) is 1. The van der Waals surface area contributed by atoms with Crippen LogP contribution in [0.4, 0.5) is 5.69 Å². The van der Waals surface area contributed by atoms with Gasteiger partial charge in [0.05, 0.1) is 4.90 Å². The first kappa shape index (κ1) is 16.3. The van der Waals surface area contributed by atoms with Crippen LogP contribution < -0.4 is 5.73 Å². The molecule has 0 bridgehead atoms. The zero-order valence-electron chi connectivity index (χ0n) is 13.4. The molecule has 1 aromatic carbocycles. The molecule has 4 nitrogen and oxygen atoms in total. The summed E-state index contributed by atoms with van der Waals surface area (Å²) in [4.78, 5) is 0.371. The lowest BCUT2D eigenvalue weighted by atomic mass is 10.1. The predicted molar refractivity (Wildman–Crippen MR) is 86.7 cm³/mol. The highest BCUT2D eigenvalue weighted by Gasteiger charge is 2.38. The van der Waals surface area contributed by atoms with E-state index < -0.39 is 10.0 Å². The fourth-order valence-corrected chi connectivity index (χ4v) is 4.53. The third-order valence-electron chi connectivity index (χ3n) is 4.11. The van der Waals surface area contributed by atoms with E-state index >= 15 is 0 Å². The summed E-state index contributed by atoms with van der Waals surface area (Å²) in [7, 11) is -3.46. The van der Waals surface area contributed by atoms with Gasteiger partial charge in [0.15, 0.2) is 0 Å². The highest BCUT2D eigenvalue weighted by atomic mass is 32.2. The summed E-state index contributed by atoms with van der Waals surface area (Å²) < 4.78 is 27.7. The molecule has 0 aliphatic heterocycles. The Bertz CT molecular complexity index is 619. The topological polar surface area (TPSA) is 63.4 Å². The number of rotatable bonds is 6. The van der Waals surface area contributed by atoms with E-state index in [1.54, 1.807) is 10.4 Å². The van der Waals surface area contributed by atoms with E-state index in [4.69, 9.17) is 5.73 Å². The van der Waals surface area contributed by atoms with Crippen LogP contribution >= 0.6 is 0 Å². The molecule has 0 amide bonds. The Hall–Kier alpha value is -1.07. The van der Waals surface area contributed by atoms with E-state index in [1.807, 2.05) is 19.9 Å². The second-order valence-electron chi connectivity index (χ2n) is 6.49. The van der Waals surface area contributed by atoms with Crippen LogP contribution in [0.3, 0.4) is 0 Å². The van der Waals surface area contributed by atoms with Crippen molar-refractivity contribution in [2.75, 3.05) is 12.3 Å². The monoisotopic (exact) mass is 310 g/mol. The Morgan fingerprint density at radius 1 is 1.29 bits per heavy atom. The summed E-state index contributed by atoms with van der Waals surface area (Å²) in [6, 6.07) is 3.60. The minimum absolute atomic E-state index is 0.176. The maximum Gasteiger partial charge on any atom is 0.243 e. The number of benzene rings is 1. The first-order chi connectivity index (χ1) is 9.73. The van der Waals surface area contributed by atoms with Gasteiger partial charge in [-0.05, 0) is 62.3 Å². The van der Waals surface area contributed by atoms with Crippen molar-refractivity contribution in [3.8, 4) is 0 Å². The summed E-state index contributed by atoms with van der Waals surface area (Å²) in [5.74, 6) is 0.491. The number of nitrogen functional groups attached to an aromatic ring is 1. The first-order valence-corrected chi connectivity index (χ1v) is 9.06. The Morgan fingerprint density at radius 3 is 2.43 bits per heavy atom. The fraction of sp³-hybridized carbons (Fsp3) is 0.625. The summed E-state index contributed by atoms with van der Waals surface area (Å²) >= 11 is 0. The third-order valence-corrected chi connectivity index (χ3v) is 6.19. The molecule has 0 radical (unpaired) electrons. The van der Waals surface area contributed by atoms with Crippen LogP contribution in [-0.4, -0.2) is 25.3 Å². The summed E-state index contributed by atoms with van der Waals surface area (Å²) in [6.07, 6.45) is 2.82. The Balaban J connectivity index is 2.39. The van der Waals surface area contributed by atoms with Crippen molar-refractivity contribution in [1.82, 2.24) is 4.31 Å². The molecule has 2 N–H and O–H groups in total. The average Bonchev–Trinajstić information content (AvgIpc) is 3.17. The smallest absolute Gasteiger partial charge is 0.243 e. The average molecular weight is 310 g/mol. The summed E-state index contributed by atoms with van der Waals surface area (Å²) in [5, 5.41) is 0. The lowest BCUT2D eigenvalue weighted by molar-refractivity contribution is 0.373. The minimum atomic E-state index is -3.46. The second kappa shape index (κ2) is 5.97. The van der Waals surface area contributed by atoms with E-state index in [2.05, 4.69) is 13.8 Å². The molecule has 118 valence electrons. The molecular formula is C16H26N2O2S. The summed E-state index contributed by atoms with van der Waals surface area (Å²) in [6.45, 7) is 8.59. The van der Waals surface area contributed by atoms with Crippen LogP contribution in [0, 0.1) is 19.8 Å². The highest BCUT2D eigenvalue weighted by molar-refractivity contribution is 7.89. The minimum Gasteiger partial charge on any atom is -0.399 e. The van der Waals surface area contributed by atoms with E-state index in [1.165, 1.54) is 0 Å². The van der Waals surface area contributed by atoms with Crippen LogP contribution in [-0.2, 0) is 10.0 Å². The van der Waals surface area contributed by atoms with Gasteiger partial charge in [-0.2, -0.15) is 4.31 Å². The largest absolute Gasteiger partial charge is 0.399 e. The fourth-order valence-electron chi connectivity index (χ4n) is 2.50. The molecule has 0 heterocycles. The zero-order valence-corrected chi connectivity index (χ0v) is 14.2. The molecule has 0 unspecified atom stereocenters. The lowest BCUT2D eigenvalue weighted by Gasteiger charge is -2.24. The van der Waals surface area contributed by atoms with Crippen LogP contribution in [0.5, 0.6) is 0 Å². The van der Waals surface area contributed by atoms with Gasteiger partial charge in [0, 0.05) is 18.3 Å². The molecule has 0 atom stereocenters. The van der Waals surface area contributed by atoms with Gasteiger partial charge in [-0.15, -0.1) is 0 Å². The Morgan fingerprint density at radius 2 is 1.90 bits per heavy atom. The van der Waals surface area contributed by atoms with Gasteiger partial charge in [-0.1, -0.05) is 13.8 Å². The molecule has 1 aromatic rings. The quantitative estimate of drug-likeness (QED) is 0.821. The predicted octanol–water partition coefficient (Wildman–Crippen LogP) is 3.08. The maximum atomic E-state index is 13.0. The van der Waals surface area contributed by atoms with E-state index in [0.29, 0.717) is 23.0 Å². The van der Waals surface area contributed by atoms with Gasteiger partial charge in [0.2, 0.25) is 10.0 Å². The molecule has 1 saturated carbocycles. The molecule has 2 rings (SSSR count). The van der Waals surface area contributed by atoms with Crippen molar-refractivity contribution < 1.29 is 8.42 Å². The number of hydrogen-bond acceptors (Lipinski definition) is 3. The van der Waals surface area contributed by atoms with E-state index in [9.17, 15) is 8.42 Å². The van der Waals surface area contributed by atoms with Crippen LogP contribution in [0.2, 0.25) is 0 Å². The third kappa shape index (κ3) is 3.58. The number of aryl methyl sites for hydroxylation is 1. The Labute approximate surface area is 128 Å². The lowest BCUT2D eigenvalue weighted by Crippen LogP contribution is -2.35. The molecular weight excluding hydrogens is 284 g/mol. The van der Waals surface area contributed by atoms with Crippen molar-refractivity contribution in [2.45, 2.75) is 57.9 Å².